The van der Waals surface area contributed by atoms with Gasteiger partial charge in [0, 0.05) is 30.8 Å². The largest absolute Gasteiger partial charge is 0.326 e. The van der Waals surface area contributed by atoms with Gasteiger partial charge in [-0.25, -0.2) is 8.42 Å². The summed E-state index contributed by atoms with van der Waals surface area (Å²) in [5.41, 5.74) is 2.94. The van der Waals surface area contributed by atoms with Crippen molar-refractivity contribution in [1.82, 2.24) is 0 Å². The Kier molecular flexibility index (Phi) is 7.93. The van der Waals surface area contributed by atoms with Crippen molar-refractivity contribution in [3.8, 4) is 0 Å². The molecule has 0 saturated heterocycles. The molecule has 162 valence electrons. The molecule has 0 spiro atoms. The highest BCUT2D eigenvalue weighted by molar-refractivity contribution is 7.92. The summed E-state index contributed by atoms with van der Waals surface area (Å²) in [5, 5.41) is 14.0. The van der Waals surface area contributed by atoms with E-state index in [1.165, 1.54) is 24.3 Å². The summed E-state index contributed by atoms with van der Waals surface area (Å²) in [6, 6.07) is 11.4. The normalized spacial score (nSPS) is 11.2. The van der Waals surface area contributed by atoms with E-state index < -0.39 is 14.9 Å². The Morgan fingerprint density at radius 2 is 1.70 bits per heavy atom. The summed E-state index contributed by atoms with van der Waals surface area (Å²) in [6.07, 6.45) is 3.02. The van der Waals surface area contributed by atoms with Gasteiger partial charge in [-0.05, 0) is 36.5 Å². The molecular weight excluding hydrogens is 406 g/mol. The molecule has 0 fully saturated rings. The van der Waals surface area contributed by atoms with E-state index in [1.54, 1.807) is 0 Å². The van der Waals surface area contributed by atoms with Gasteiger partial charge >= 0.3 is 0 Å². The lowest BCUT2D eigenvalue weighted by atomic mass is 10.0. The van der Waals surface area contributed by atoms with Gasteiger partial charge in [-0.1, -0.05) is 38.1 Å². The number of sulfonamides is 1. The molecule has 1 amide bonds. The zero-order valence-corrected chi connectivity index (χ0v) is 18.2. The van der Waals surface area contributed by atoms with Gasteiger partial charge in [0.05, 0.1) is 16.9 Å². The molecule has 8 nitrogen and oxygen atoms in total. The molecule has 9 heteroatoms. The van der Waals surface area contributed by atoms with Crippen molar-refractivity contribution >= 4 is 33.0 Å². The summed E-state index contributed by atoms with van der Waals surface area (Å²) in [4.78, 5) is 22.9. The SMILES string of the molecule is CCc1cccc(CC)c1NC(=O)CCCN(c1cccc([N+](=O)[O-])c1)S(C)(=O)=O. The smallest absolute Gasteiger partial charge is 0.271 e. The minimum absolute atomic E-state index is 0.0451. The highest BCUT2D eigenvalue weighted by Gasteiger charge is 2.20. The number of para-hydroxylation sites is 1. The average Bonchev–Trinajstić information content (AvgIpc) is 2.70. The number of hydrogen-bond donors (Lipinski definition) is 1. The fraction of sp³-hybridized carbons (Fsp3) is 0.381. The number of aryl methyl sites for hydroxylation is 2. The van der Waals surface area contributed by atoms with Crippen molar-refractivity contribution in [2.75, 3.05) is 22.4 Å². The minimum Gasteiger partial charge on any atom is -0.326 e. The summed E-state index contributed by atoms with van der Waals surface area (Å²) < 4.78 is 25.5. The molecule has 0 saturated carbocycles. The van der Waals surface area contributed by atoms with E-state index in [1.807, 2.05) is 32.0 Å². The van der Waals surface area contributed by atoms with Crippen molar-refractivity contribution < 1.29 is 18.1 Å². The molecule has 0 aliphatic heterocycles. The van der Waals surface area contributed by atoms with E-state index in [9.17, 15) is 23.3 Å². The van der Waals surface area contributed by atoms with Gasteiger partial charge in [0.1, 0.15) is 0 Å². The molecule has 0 atom stereocenters. The summed E-state index contributed by atoms with van der Waals surface area (Å²) in [5.74, 6) is -0.196. The van der Waals surface area contributed by atoms with Crippen LogP contribution in [-0.4, -0.2) is 32.0 Å². The van der Waals surface area contributed by atoms with Gasteiger partial charge < -0.3 is 5.32 Å². The number of non-ortho nitro benzene ring substituents is 1. The first-order valence-electron chi connectivity index (χ1n) is 9.80. The second kappa shape index (κ2) is 10.2. The number of hydrogen-bond acceptors (Lipinski definition) is 5. The van der Waals surface area contributed by atoms with Crippen molar-refractivity contribution in [3.63, 3.8) is 0 Å². The fourth-order valence-electron chi connectivity index (χ4n) is 3.24. The first-order chi connectivity index (χ1) is 14.2. The zero-order valence-electron chi connectivity index (χ0n) is 17.4. The highest BCUT2D eigenvalue weighted by Crippen LogP contribution is 2.25. The molecule has 0 aromatic heterocycles. The quantitative estimate of drug-likeness (QED) is 0.451. The lowest BCUT2D eigenvalue weighted by molar-refractivity contribution is -0.384. The zero-order chi connectivity index (χ0) is 22.3. The highest BCUT2D eigenvalue weighted by atomic mass is 32.2. The predicted molar refractivity (Wildman–Crippen MR) is 118 cm³/mol. The first-order valence-corrected chi connectivity index (χ1v) is 11.6. The third kappa shape index (κ3) is 6.03. The summed E-state index contributed by atoms with van der Waals surface area (Å²) in [6.45, 7) is 4.09. The standard InChI is InChI=1S/C21H27N3O5S/c1-4-16-9-6-10-17(5-2)21(16)22-20(25)13-8-14-23(30(3,28)29)18-11-7-12-19(15-18)24(26)27/h6-7,9-12,15H,4-5,8,13-14H2,1-3H3,(H,22,25). The number of anilines is 2. The topological polar surface area (TPSA) is 110 Å². The molecular formula is C21H27N3O5S. The molecule has 30 heavy (non-hydrogen) atoms. The number of nitro groups is 1. The summed E-state index contributed by atoms with van der Waals surface area (Å²) >= 11 is 0. The maximum absolute atomic E-state index is 12.5. The Balaban J connectivity index is 2.09. The van der Waals surface area contributed by atoms with Gasteiger partial charge in [-0.2, -0.15) is 0 Å². The molecule has 2 aromatic rings. The van der Waals surface area contributed by atoms with Gasteiger partial charge in [0.15, 0.2) is 0 Å². The Labute approximate surface area is 177 Å². The second-order valence-electron chi connectivity index (χ2n) is 6.92. The van der Waals surface area contributed by atoms with Crippen LogP contribution in [0.3, 0.4) is 0 Å². The van der Waals surface area contributed by atoms with Crippen molar-refractivity contribution in [3.05, 3.63) is 63.7 Å². The van der Waals surface area contributed by atoms with E-state index in [-0.39, 0.29) is 36.7 Å². The number of rotatable bonds is 10. The van der Waals surface area contributed by atoms with Crippen LogP contribution < -0.4 is 9.62 Å². The van der Waals surface area contributed by atoms with E-state index in [0.717, 1.165) is 40.2 Å². The maximum Gasteiger partial charge on any atom is 0.271 e. The predicted octanol–water partition coefficient (Wildman–Crippen LogP) is 3.90. The van der Waals surface area contributed by atoms with Crippen molar-refractivity contribution in [1.29, 1.82) is 0 Å². The van der Waals surface area contributed by atoms with Gasteiger partial charge in [-0.3, -0.25) is 19.2 Å². The van der Waals surface area contributed by atoms with Crippen LogP contribution >= 0.6 is 0 Å². The third-order valence-electron chi connectivity index (χ3n) is 4.76. The molecule has 0 aliphatic rings. The number of carbonyl (C=O) groups excluding carboxylic acids is 1. The van der Waals surface area contributed by atoms with Crippen LogP contribution in [0.15, 0.2) is 42.5 Å². The lowest BCUT2D eigenvalue weighted by Crippen LogP contribution is -2.31. The molecule has 1 N–H and O–H groups in total. The molecule has 2 aromatic carbocycles. The molecule has 0 unspecified atom stereocenters. The van der Waals surface area contributed by atoms with Crippen LogP contribution in [0.4, 0.5) is 17.1 Å². The van der Waals surface area contributed by atoms with Crippen molar-refractivity contribution in [2.45, 2.75) is 39.5 Å². The van der Waals surface area contributed by atoms with Gasteiger partial charge in [0.25, 0.3) is 5.69 Å². The summed E-state index contributed by atoms with van der Waals surface area (Å²) in [7, 11) is -3.66. The van der Waals surface area contributed by atoms with Crippen LogP contribution in [0.2, 0.25) is 0 Å². The number of nitro benzene ring substituents is 1. The average molecular weight is 434 g/mol. The Morgan fingerprint density at radius 3 is 2.23 bits per heavy atom. The number of nitrogens with one attached hydrogen (secondary N) is 1. The van der Waals surface area contributed by atoms with Crippen LogP contribution in [0, 0.1) is 10.1 Å². The minimum atomic E-state index is -3.66. The number of carbonyl (C=O) groups is 1. The van der Waals surface area contributed by atoms with Crippen LogP contribution in [-0.2, 0) is 27.7 Å². The Bertz CT molecular complexity index is 999. The Hall–Kier alpha value is -2.94. The van der Waals surface area contributed by atoms with Crippen LogP contribution in [0.25, 0.3) is 0 Å². The molecule has 0 bridgehead atoms. The number of amides is 1. The maximum atomic E-state index is 12.5. The molecule has 0 aliphatic carbocycles. The van der Waals surface area contributed by atoms with Gasteiger partial charge in [-0.15, -0.1) is 0 Å². The van der Waals surface area contributed by atoms with Gasteiger partial charge in [0.2, 0.25) is 15.9 Å². The number of benzene rings is 2. The van der Waals surface area contributed by atoms with E-state index >= 15 is 0 Å². The Morgan fingerprint density at radius 1 is 1.10 bits per heavy atom. The van der Waals surface area contributed by atoms with E-state index in [0.29, 0.717) is 0 Å². The first kappa shape index (κ1) is 23.3. The third-order valence-corrected chi connectivity index (χ3v) is 5.95. The van der Waals surface area contributed by atoms with E-state index in [2.05, 4.69) is 5.32 Å². The molecule has 0 radical (unpaired) electrons. The fourth-order valence-corrected chi connectivity index (χ4v) is 4.19. The van der Waals surface area contributed by atoms with Crippen molar-refractivity contribution in [2.24, 2.45) is 0 Å². The molecule has 0 heterocycles. The second-order valence-corrected chi connectivity index (χ2v) is 8.83. The van der Waals surface area contributed by atoms with Crippen LogP contribution in [0.5, 0.6) is 0 Å². The van der Waals surface area contributed by atoms with E-state index in [4.69, 9.17) is 0 Å². The lowest BCUT2D eigenvalue weighted by Gasteiger charge is -2.22. The molecule has 2 rings (SSSR count). The van der Waals surface area contributed by atoms with Crippen LogP contribution in [0.1, 0.15) is 37.8 Å². The number of nitrogens with zero attached hydrogens (tertiary/aromatic N) is 2. The monoisotopic (exact) mass is 433 g/mol.